The number of rotatable bonds is 13. The van der Waals surface area contributed by atoms with Gasteiger partial charge in [0.15, 0.2) is 0 Å². The molecule has 0 saturated heterocycles. The molecule has 0 radical (unpaired) electrons. The molecule has 12 heteroatoms. The molecule has 0 aliphatic rings. The molecule has 3 amide bonds. The number of hydrogen-bond acceptors (Lipinski definition) is 7. The van der Waals surface area contributed by atoms with Crippen molar-refractivity contribution in [2.45, 2.75) is 77.7 Å². The molecule has 0 aliphatic carbocycles. The molecule has 12 nitrogen and oxygen atoms in total. The van der Waals surface area contributed by atoms with Crippen molar-refractivity contribution >= 4 is 29.7 Å². The lowest BCUT2D eigenvalue weighted by Gasteiger charge is -2.28. The summed E-state index contributed by atoms with van der Waals surface area (Å²) in [5, 5.41) is 34.9. The Bertz CT molecular complexity index is 665. The molecule has 0 aromatic heterocycles. The van der Waals surface area contributed by atoms with Crippen molar-refractivity contribution in [2.75, 3.05) is 0 Å². The van der Waals surface area contributed by atoms with E-state index < -0.39 is 71.8 Å². The third kappa shape index (κ3) is 9.75. The minimum atomic E-state index is -1.46. The van der Waals surface area contributed by atoms with Gasteiger partial charge in [-0.3, -0.25) is 19.2 Å². The molecule has 0 heterocycles. The van der Waals surface area contributed by atoms with Crippen LogP contribution in [0, 0.1) is 11.8 Å². The zero-order valence-corrected chi connectivity index (χ0v) is 18.4. The molecule has 0 bridgehead atoms. The van der Waals surface area contributed by atoms with Crippen LogP contribution >= 0.6 is 0 Å². The number of carbonyl (C=O) groups is 5. The molecule has 0 rings (SSSR count). The third-order valence-electron chi connectivity index (χ3n) is 4.55. The molecule has 0 saturated carbocycles. The second-order valence-electron chi connectivity index (χ2n) is 8.06. The zero-order chi connectivity index (χ0) is 24.5. The number of carboxylic acids is 2. The van der Waals surface area contributed by atoms with Gasteiger partial charge in [-0.15, -0.1) is 0 Å². The Morgan fingerprint density at radius 2 is 1.16 bits per heavy atom. The Morgan fingerprint density at radius 3 is 1.55 bits per heavy atom. The van der Waals surface area contributed by atoms with E-state index in [1.165, 1.54) is 6.92 Å². The highest BCUT2D eigenvalue weighted by Gasteiger charge is 2.34. The van der Waals surface area contributed by atoms with Gasteiger partial charge in [0.2, 0.25) is 17.7 Å². The molecule has 0 aliphatic heterocycles. The number of nitrogens with two attached hydrogens (primary N) is 1. The fraction of sp³-hybridized carbons (Fsp3) is 0.737. The first-order valence-corrected chi connectivity index (χ1v) is 9.98. The van der Waals surface area contributed by atoms with Crippen LogP contribution in [0.3, 0.4) is 0 Å². The maximum Gasteiger partial charge on any atom is 0.326 e. The Labute approximate surface area is 180 Å². The Morgan fingerprint density at radius 1 is 0.742 bits per heavy atom. The largest absolute Gasteiger partial charge is 0.481 e. The summed E-state index contributed by atoms with van der Waals surface area (Å²) in [4.78, 5) is 59.4. The minimum absolute atomic E-state index is 0.169. The zero-order valence-electron chi connectivity index (χ0n) is 18.4. The van der Waals surface area contributed by atoms with Gasteiger partial charge in [-0.05, 0) is 25.2 Å². The van der Waals surface area contributed by atoms with Crippen LogP contribution in [0.15, 0.2) is 0 Å². The van der Waals surface area contributed by atoms with Gasteiger partial charge in [0.05, 0.1) is 12.1 Å². The van der Waals surface area contributed by atoms with E-state index in [-0.39, 0.29) is 12.8 Å². The molecule has 0 fully saturated rings. The van der Waals surface area contributed by atoms with E-state index in [0.29, 0.717) is 0 Å². The number of carbonyl (C=O) groups excluding carboxylic acids is 3. The van der Waals surface area contributed by atoms with Crippen molar-refractivity contribution in [3.8, 4) is 0 Å². The summed E-state index contributed by atoms with van der Waals surface area (Å²) in [6.07, 6.45) is -1.87. The standard InChI is InChI=1S/C19H34N4O8/c1-8(2)13(17(28)22-14(9(3)4)19(30)31)21-18(29)15(10(5)24)23-16(27)11(20)6-7-12(25)26/h8-11,13-15,24H,6-7,20H2,1-5H3,(H,21,29)(H,22,28)(H,23,27)(H,25,26)(H,30,31). The summed E-state index contributed by atoms with van der Waals surface area (Å²) < 4.78 is 0. The number of aliphatic hydroxyl groups excluding tert-OH is 1. The number of carboxylic acid groups (broad SMARTS) is 2. The molecule has 0 aromatic carbocycles. The van der Waals surface area contributed by atoms with Gasteiger partial charge in [-0.1, -0.05) is 27.7 Å². The maximum atomic E-state index is 12.7. The van der Waals surface area contributed by atoms with Gasteiger partial charge in [-0.25, -0.2) is 4.79 Å². The van der Waals surface area contributed by atoms with Gasteiger partial charge < -0.3 is 37.0 Å². The van der Waals surface area contributed by atoms with Crippen molar-refractivity contribution in [3.63, 3.8) is 0 Å². The van der Waals surface area contributed by atoms with Gasteiger partial charge in [0, 0.05) is 6.42 Å². The molecule has 178 valence electrons. The summed E-state index contributed by atoms with van der Waals surface area (Å²) in [6.45, 7) is 7.75. The first kappa shape index (κ1) is 28.3. The lowest BCUT2D eigenvalue weighted by molar-refractivity contribution is -0.144. The molecular formula is C19H34N4O8. The van der Waals surface area contributed by atoms with Crippen molar-refractivity contribution in [1.82, 2.24) is 16.0 Å². The Kier molecular flexibility index (Phi) is 11.7. The van der Waals surface area contributed by atoms with Gasteiger partial charge in [-0.2, -0.15) is 0 Å². The van der Waals surface area contributed by atoms with Crippen molar-refractivity contribution in [2.24, 2.45) is 17.6 Å². The molecule has 5 atom stereocenters. The first-order valence-electron chi connectivity index (χ1n) is 9.98. The Hall–Kier alpha value is -2.73. The fourth-order valence-electron chi connectivity index (χ4n) is 2.61. The van der Waals surface area contributed by atoms with E-state index in [1.54, 1.807) is 27.7 Å². The quantitative estimate of drug-likeness (QED) is 0.174. The molecule has 31 heavy (non-hydrogen) atoms. The van der Waals surface area contributed by atoms with E-state index in [4.69, 9.17) is 10.8 Å². The molecule has 0 spiro atoms. The Balaban J connectivity index is 5.31. The summed E-state index contributed by atoms with van der Waals surface area (Å²) >= 11 is 0. The molecule has 0 aromatic rings. The smallest absolute Gasteiger partial charge is 0.326 e. The predicted octanol–water partition coefficient (Wildman–Crippen LogP) is -1.59. The maximum absolute atomic E-state index is 12.7. The van der Waals surface area contributed by atoms with E-state index in [9.17, 15) is 34.2 Å². The van der Waals surface area contributed by atoms with Gasteiger partial charge in [0.1, 0.15) is 18.1 Å². The minimum Gasteiger partial charge on any atom is -0.481 e. The topological polar surface area (TPSA) is 208 Å². The van der Waals surface area contributed by atoms with Crippen LogP contribution in [0.2, 0.25) is 0 Å². The predicted molar refractivity (Wildman–Crippen MR) is 110 cm³/mol. The van der Waals surface area contributed by atoms with Crippen LogP contribution in [0.5, 0.6) is 0 Å². The van der Waals surface area contributed by atoms with E-state index in [1.807, 2.05) is 0 Å². The molecular weight excluding hydrogens is 412 g/mol. The average molecular weight is 447 g/mol. The van der Waals surface area contributed by atoms with E-state index in [2.05, 4.69) is 16.0 Å². The van der Waals surface area contributed by atoms with Crippen LogP contribution in [0.4, 0.5) is 0 Å². The highest BCUT2D eigenvalue weighted by molar-refractivity contribution is 5.94. The van der Waals surface area contributed by atoms with Crippen LogP contribution < -0.4 is 21.7 Å². The lowest BCUT2D eigenvalue weighted by Crippen LogP contribution is -2.61. The third-order valence-corrected chi connectivity index (χ3v) is 4.55. The average Bonchev–Trinajstić information content (AvgIpc) is 2.64. The van der Waals surface area contributed by atoms with Crippen LogP contribution in [0.25, 0.3) is 0 Å². The van der Waals surface area contributed by atoms with Crippen molar-refractivity contribution in [3.05, 3.63) is 0 Å². The molecule has 5 unspecified atom stereocenters. The number of nitrogens with one attached hydrogen (secondary N) is 3. The van der Waals surface area contributed by atoms with Gasteiger partial charge in [0.25, 0.3) is 0 Å². The number of aliphatic carboxylic acids is 2. The highest BCUT2D eigenvalue weighted by atomic mass is 16.4. The lowest BCUT2D eigenvalue weighted by atomic mass is 9.99. The van der Waals surface area contributed by atoms with E-state index in [0.717, 1.165) is 0 Å². The number of hydrogen-bond donors (Lipinski definition) is 7. The summed E-state index contributed by atoms with van der Waals surface area (Å²) in [7, 11) is 0. The van der Waals surface area contributed by atoms with Crippen molar-refractivity contribution in [1.29, 1.82) is 0 Å². The SMILES string of the molecule is CC(C)C(NC(=O)C(NC(=O)C(NC(=O)C(N)CCC(=O)O)C(C)O)C(C)C)C(=O)O. The molecule has 8 N–H and O–H groups in total. The highest BCUT2D eigenvalue weighted by Crippen LogP contribution is 2.08. The second-order valence-corrected chi connectivity index (χ2v) is 8.06. The summed E-state index contributed by atoms with van der Waals surface area (Å²) in [6, 6.07) is -4.97. The monoisotopic (exact) mass is 446 g/mol. The van der Waals surface area contributed by atoms with Crippen molar-refractivity contribution < 1.29 is 39.3 Å². The normalized spacial score (nSPS) is 16.0. The second kappa shape index (κ2) is 12.8. The van der Waals surface area contributed by atoms with Gasteiger partial charge >= 0.3 is 11.9 Å². The first-order chi connectivity index (χ1) is 14.2. The summed E-state index contributed by atoms with van der Waals surface area (Å²) in [5.41, 5.74) is 5.61. The fourth-order valence-corrected chi connectivity index (χ4v) is 2.61. The number of amides is 3. The van der Waals surface area contributed by atoms with E-state index >= 15 is 0 Å². The number of aliphatic hydroxyl groups is 1. The van der Waals surface area contributed by atoms with Crippen LogP contribution in [0.1, 0.15) is 47.5 Å². The summed E-state index contributed by atoms with van der Waals surface area (Å²) in [5.74, 6) is -5.63. The van der Waals surface area contributed by atoms with Crippen LogP contribution in [-0.2, 0) is 24.0 Å². The van der Waals surface area contributed by atoms with Crippen LogP contribution in [-0.4, -0.2) is 75.3 Å².